The molecule has 0 unspecified atom stereocenters. The number of nitrogens with two attached hydrogens (primary N) is 1. The lowest BCUT2D eigenvalue weighted by Gasteiger charge is -2.17. The van der Waals surface area contributed by atoms with Crippen LogP contribution in [0.25, 0.3) is 44.5 Å². The number of anilines is 2. The molecule has 6 rings (SSSR count). The summed E-state index contributed by atoms with van der Waals surface area (Å²) >= 11 is 0. The van der Waals surface area contributed by atoms with Crippen LogP contribution in [0, 0.1) is 11.6 Å². The number of sulfonamides is 1. The van der Waals surface area contributed by atoms with Crippen LogP contribution in [0.3, 0.4) is 0 Å². The van der Waals surface area contributed by atoms with Gasteiger partial charge in [-0.05, 0) is 83.9 Å². The minimum atomic E-state index is -3.82. The van der Waals surface area contributed by atoms with Crippen molar-refractivity contribution >= 4 is 32.6 Å². The maximum Gasteiger partial charge on any atom is 0.238 e. The summed E-state index contributed by atoms with van der Waals surface area (Å²) in [5.74, 6) is -0.265. The van der Waals surface area contributed by atoms with E-state index in [0.717, 1.165) is 27.6 Å². The molecule has 0 amide bonds. The normalized spacial score (nSPS) is 11.6. The predicted molar refractivity (Wildman–Crippen MR) is 154 cm³/mol. The van der Waals surface area contributed by atoms with E-state index in [4.69, 9.17) is 10.1 Å². The summed E-state index contributed by atoms with van der Waals surface area (Å²) in [6, 6.07) is 21.9. The minimum absolute atomic E-state index is 0.00603. The number of rotatable bonds is 6. The average molecular weight is 569 g/mol. The fourth-order valence-electron chi connectivity index (χ4n) is 4.69. The Kier molecular flexibility index (Phi) is 6.52. The summed E-state index contributed by atoms with van der Waals surface area (Å²) < 4.78 is 52.8. The zero-order valence-corrected chi connectivity index (χ0v) is 22.4. The van der Waals surface area contributed by atoms with Crippen LogP contribution in [0.4, 0.5) is 20.3 Å². The summed E-state index contributed by atoms with van der Waals surface area (Å²) in [6.07, 6.45) is 3.49. The van der Waals surface area contributed by atoms with Crippen molar-refractivity contribution in [2.75, 3.05) is 5.32 Å². The minimum Gasteiger partial charge on any atom is -0.340 e. The quantitative estimate of drug-likeness (QED) is 0.253. The van der Waals surface area contributed by atoms with Crippen LogP contribution in [-0.4, -0.2) is 28.2 Å². The molecule has 3 aromatic heterocycles. The van der Waals surface area contributed by atoms with Gasteiger partial charge in [0.25, 0.3) is 0 Å². The molecule has 0 aliphatic carbocycles. The number of benzene rings is 3. The fraction of sp³-hybridized carbons (Fsp3) is 0.0333. The predicted octanol–water partition coefficient (Wildman–Crippen LogP) is 6.03. The third-order valence-electron chi connectivity index (χ3n) is 6.54. The molecule has 0 fully saturated rings. The van der Waals surface area contributed by atoms with Crippen LogP contribution >= 0.6 is 0 Å². The Balaban J connectivity index is 1.57. The number of fused-ring (bicyclic) bond motifs is 1. The van der Waals surface area contributed by atoms with Gasteiger partial charge < -0.3 is 5.32 Å². The van der Waals surface area contributed by atoms with Gasteiger partial charge in [-0.25, -0.2) is 32.3 Å². The number of primary sulfonamides is 1. The van der Waals surface area contributed by atoms with E-state index in [9.17, 15) is 17.2 Å². The number of aryl methyl sites for hydroxylation is 1. The van der Waals surface area contributed by atoms with Crippen LogP contribution in [0.1, 0.15) is 0 Å². The van der Waals surface area contributed by atoms with Crippen LogP contribution < -0.4 is 10.5 Å². The molecule has 41 heavy (non-hydrogen) atoms. The van der Waals surface area contributed by atoms with Crippen molar-refractivity contribution in [3.05, 3.63) is 109 Å². The molecule has 0 spiro atoms. The molecule has 8 nitrogen and oxygen atoms in total. The Labute approximate surface area is 234 Å². The van der Waals surface area contributed by atoms with Crippen LogP contribution in [0.15, 0.2) is 102 Å². The Bertz CT molecular complexity index is 2010. The summed E-state index contributed by atoms with van der Waals surface area (Å²) in [5.41, 5.74) is 5.29. The first-order valence-corrected chi connectivity index (χ1v) is 14.0. The van der Waals surface area contributed by atoms with Gasteiger partial charge in [-0.15, -0.1) is 0 Å². The lowest BCUT2D eigenvalue weighted by molar-refractivity contribution is 0.598. The molecule has 3 heterocycles. The molecule has 0 saturated heterocycles. The van der Waals surface area contributed by atoms with Crippen LogP contribution in [0.2, 0.25) is 0 Å². The van der Waals surface area contributed by atoms with E-state index in [0.29, 0.717) is 28.4 Å². The van der Waals surface area contributed by atoms with Crippen LogP contribution in [0.5, 0.6) is 0 Å². The Hall–Kier alpha value is -5.00. The zero-order valence-electron chi connectivity index (χ0n) is 21.6. The van der Waals surface area contributed by atoms with E-state index in [1.165, 1.54) is 36.4 Å². The molecule has 0 saturated carbocycles. The van der Waals surface area contributed by atoms with E-state index in [-0.39, 0.29) is 16.5 Å². The number of nitrogens with zero attached hydrogens (tertiary/aromatic N) is 4. The molecule has 3 aromatic carbocycles. The molecule has 6 aromatic rings. The van der Waals surface area contributed by atoms with E-state index < -0.39 is 10.0 Å². The van der Waals surface area contributed by atoms with Gasteiger partial charge >= 0.3 is 0 Å². The third-order valence-corrected chi connectivity index (χ3v) is 7.47. The molecular weight excluding hydrogens is 546 g/mol. The number of halogens is 2. The molecular formula is C30H22F2N6O2S. The summed E-state index contributed by atoms with van der Waals surface area (Å²) in [6.45, 7) is 0. The molecule has 0 bridgehead atoms. The van der Waals surface area contributed by atoms with Gasteiger partial charge in [0, 0.05) is 47.2 Å². The first-order valence-electron chi connectivity index (χ1n) is 12.4. The van der Waals surface area contributed by atoms with Crippen molar-refractivity contribution in [2.24, 2.45) is 12.2 Å². The van der Waals surface area contributed by atoms with Crippen molar-refractivity contribution in [3.8, 4) is 33.5 Å². The lowest BCUT2D eigenvalue weighted by Crippen LogP contribution is -2.11. The highest BCUT2D eigenvalue weighted by Crippen LogP contribution is 2.43. The number of aromatic nitrogens is 4. The average Bonchev–Trinajstić information content (AvgIpc) is 3.33. The smallest absolute Gasteiger partial charge is 0.238 e. The third kappa shape index (κ3) is 5.28. The monoisotopic (exact) mass is 568 g/mol. The molecule has 0 aliphatic rings. The van der Waals surface area contributed by atoms with Gasteiger partial charge in [0.1, 0.15) is 17.5 Å². The van der Waals surface area contributed by atoms with Crippen molar-refractivity contribution in [2.45, 2.75) is 4.90 Å². The maximum absolute atomic E-state index is 14.0. The van der Waals surface area contributed by atoms with E-state index in [2.05, 4.69) is 15.4 Å². The van der Waals surface area contributed by atoms with Crippen molar-refractivity contribution < 1.29 is 17.2 Å². The molecule has 0 radical (unpaired) electrons. The fourth-order valence-corrected chi connectivity index (χ4v) is 5.21. The maximum atomic E-state index is 14.0. The van der Waals surface area contributed by atoms with Gasteiger partial charge in [-0.3, -0.25) is 4.68 Å². The van der Waals surface area contributed by atoms with Crippen molar-refractivity contribution in [1.82, 2.24) is 19.7 Å². The second kappa shape index (κ2) is 10.2. The lowest BCUT2D eigenvalue weighted by atomic mass is 9.89. The van der Waals surface area contributed by atoms with Gasteiger partial charge in [-0.2, -0.15) is 5.10 Å². The number of nitrogens with one attached hydrogen (secondary N) is 1. The summed E-state index contributed by atoms with van der Waals surface area (Å²) in [4.78, 5) is 9.31. The SMILES string of the molecule is Cn1cc2c(-c3ccc(F)cc3)c(-c3ccnc(Nc4ccc(S(N)(=O)=O)cc4)c3)c(-c3ccc(F)cc3)nc2n1. The standard InChI is InChI=1S/C30H22F2N6O2S/c1-38-17-25-27(18-2-6-21(31)7-3-18)28(29(36-30(25)37-38)19-4-8-22(32)9-5-19)20-14-15-34-26(16-20)35-23-10-12-24(13-11-23)41(33,39)40/h2-17H,1H3,(H,34,35)(H2,33,39,40). The summed E-state index contributed by atoms with van der Waals surface area (Å²) in [5, 5.41) is 13.7. The molecule has 204 valence electrons. The largest absolute Gasteiger partial charge is 0.340 e. The number of hydrogen-bond donors (Lipinski definition) is 2. The summed E-state index contributed by atoms with van der Waals surface area (Å²) in [7, 11) is -2.03. The van der Waals surface area contributed by atoms with Gasteiger partial charge in [0.2, 0.25) is 10.0 Å². The van der Waals surface area contributed by atoms with E-state index >= 15 is 0 Å². The first kappa shape index (κ1) is 26.2. The van der Waals surface area contributed by atoms with E-state index in [1.54, 1.807) is 54.3 Å². The Morgan fingerprint density at radius 3 is 2.07 bits per heavy atom. The number of hydrogen-bond acceptors (Lipinski definition) is 6. The van der Waals surface area contributed by atoms with Gasteiger partial charge in [-0.1, -0.05) is 12.1 Å². The van der Waals surface area contributed by atoms with Gasteiger partial charge in [0.05, 0.1) is 10.6 Å². The first-order chi connectivity index (χ1) is 19.7. The molecule has 11 heteroatoms. The highest BCUT2D eigenvalue weighted by molar-refractivity contribution is 7.89. The van der Waals surface area contributed by atoms with Crippen LogP contribution in [-0.2, 0) is 17.1 Å². The Morgan fingerprint density at radius 2 is 1.44 bits per heavy atom. The Morgan fingerprint density at radius 1 is 0.805 bits per heavy atom. The second-order valence-corrected chi connectivity index (χ2v) is 10.9. The second-order valence-electron chi connectivity index (χ2n) is 9.39. The molecule has 3 N–H and O–H groups in total. The highest BCUT2D eigenvalue weighted by Gasteiger charge is 2.22. The number of pyridine rings is 2. The highest BCUT2D eigenvalue weighted by atomic mass is 32.2. The van der Waals surface area contributed by atoms with E-state index in [1.807, 2.05) is 18.3 Å². The molecule has 0 atom stereocenters. The topological polar surface area (TPSA) is 116 Å². The molecule has 0 aliphatic heterocycles. The zero-order chi connectivity index (χ0) is 28.7. The van der Waals surface area contributed by atoms with Crippen molar-refractivity contribution in [3.63, 3.8) is 0 Å². The van der Waals surface area contributed by atoms with Gasteiger partial charge in [0.15, 0.2) is 5.65 Å². The van der Waals surface area contributed by atoms with Crippen molar-refractivity contribution in [1.29, 1.82) is 0 Å².